The lowest BCUT2D eigenvalue weighted by atomic mass is 10.1. The fourth-order valence-electron chi connectivity index (χ4n) is 4.50. The summed E-state index contributed by atoms with van der Waals surface area (Å²) in [6.45, 7) is 0. The molecule has 0 aliphatic carbocycles. The zero-order valence-corrected chi connectivity index (χ0v) is 17.3. The Labute approximate surface area is 185 Å². The minimum atomic E-state index is -0.0193. The summed E-state index contributed by atoms with van der Waals surface area (Å²) in [6.07, 6.45) is 0. The topological polar surface area (TPSA) is 26.4 Å². The molecular formula is C29H20N2O. The predicted octanol–water partition coefficient (Wildman–Crippen LogP) is 6.58. The zero-order valence-electron chi connectivity index (χ0n) is 17.3. The Bertz CT molecular complexity index is 1610. The lowest BCUT2D eigenvalue weighted by molar-refractivity contribution is 1.00. The van der Waals surface area contributed by atoms with E-state index in [0.717, 1.165) is 39.2 Å². The van der Waals surface area contributed by atoms with Crippen LogP contribution in [0, 0.1) is 0 Å². The number of fused-ring (bicyclic) bond motifs is 3. The van der Waals surface area contributed by atoms with Crippen LogP contribution >= 0.6 is 0 Å². The van der Waals surface area contributed by atoms with Gasteiger partial charge in [-0.2, -0.15) is 0 Å². The average molecular weight is 412 g/mol. The average Bonchev–Trinajstić information content (AvgIpc) is 3.26. The summed E-state index contributed by atoms with van der Waals surface area (Å²) < 4.78 is 4.07. The van der Waals surface area contributed by atoms with Crippen molar-refractivity contribution in [3.05, 3.63) is 132 Å². The van der Waals surface area contributed by atoms with E-state index in [1.54, 1.807) is 0 Å². The number of aromatic nitrogens is 2. The second-order valence-electron chi connectivity index (χ2n) is 7.83. The first-order valence-electron chi connectivity index (χ1n) is 10.7. The van der Waals surface area contributed by atoms with Crippen molar-refractivity contribution in [2.75, 3.05) is 0 Å². The zero-order chi connectivity index (χ0) is 21.5. The number of nitrogens with zero attached hydrogens (tertiary/aromatic N) is 2. The number of rotatable bonds is 3. The number of benzene rings is 4. The van der Waals surface area contributed by atoms with Gasteiger partial charge in [-0.15, -0.1) is 0 Å². The van der Waals surface area contributed by atoms with Crippen LogP contribution in [0.3, 0.4) is 0 Å². The fourth-order valence-corrected chi connectivity index (χ4v) is 4.50. The highest BCUT2D eigenvalue weighted by Gasteiger charge is 2.20. The van der Waals surface area contributed by atoms with E-state index in [1.165, 1.54) is 0 Å². The van der Waals surface area contributed by atoms with Crippen LogP contribution in [0.15, 0.2) is 126 Å². The molecule has 6 rings (SSSR count). The Hall–Kier alpha value is -4.37. The Morgan fingerprint density at radius 1 is 0.562 bits per heavy atom. The lowest BCUT2D eigenvalue weighted by Gasteiger charge is -2.15. The molecule has 0 spiro atoms. The second kappa shape index (κ2) is 7.40. The first-order valence-corrected chi connectivity index (χ1v) is 10.7. The van der Waals surface area contributed by atoms with Gasteiger partial charge in [0.1, 0.15) is 5.65 Å². The van der Waals surface area contributed by atoms with Crippen LogP contribution in [0.25, 0.3) is 44.6 Å². The molecule has 32 heavy (non-hydrogen) atoms. The van der Waals surface area contributed by atoms with Crippen LogP contribution in [0.2, 0.25) is 0 Å². The van der Waals surface area contributed by atoms with Crippen LogP contribution in [0.4, 0.5) is 0 Å². The van der Waals surface area contributed by atoms with Gasteiger partial charge in [0, 0.05) is 5.56 Å². The van der Waals surface area contributed by atoms with E-state index in [4.69, 9.17) is 0 Å². The third-order valence-electron chi connectivity index (χ3n) is 5.93. The van der Waals surface area contributed by atoms with Gasteiger partial charge in [0.05, 0.1) is 22.3 Å². The molecule has 6 aromatic rings. The molecule has 0 saturated heterocycles. The van der Waals surface area contributed by atoms with Gasteiger partial charge in [0.15, 0.2) is 0 Å². The van der Waals surface area contributed by atoms with Gasteiger partial charge < -0.3 is 0 Å². The van der Waals surface area contributed by atoms with Crippen molar-refractivity contribution in [2.45, 2.75) is 0 Å². The molecule has 2 aromatic heterocycles. The van der Waals surface area contributed by atoms with E-state index in [1.807, 2.05) is 95.6 Å². The molecule has 152 valence electrons. The molecule has 0 amide bonds. The molecule has 3 heteroatoms. The molecule has 0 unspecified atom stereocenters. The second-order valence-corrected chi connectivity index (χ2v) is 7.83. The maximum absolute atomic E-state index is 13.8. The van der Waals surface area contributed by atoms with Gasteiger partial charge in [-0.3, -0.25) is 13.8 Å². The standard InChI is InChI=1S/C29H20N2O/c32-29-24-18-10-11-19-26(24)31-27(22-14-6-2-7-15-22)20-25(21-12-4-1-5-13-21)28(31)30(29)23-16-8-3-9-17-23/h1-20H. The highest BCUT2D eigenvalue weighted by atomic mass is 16.1. The SMILES string of the molecule is O=c1c2ccccc2n2c(-c3ccccc3)cc(-c3ccccc3)c2n1-c1ccccc1. The van der Waals surface area contributed by atoms with Crippen LogP contribution in [-0.2, 0) is 0 Å². The van der Waals surface area contributed by atoms with Crippen LogP contribution < -0.4 is 5.56 Å². The molecule has 0 radical (unpaired) electrons. The molecule has 0 fully saturated rings. The lowest BCUT2D eigenvalue weighted by Crippen LogP contribution is -2.21. The largest absolute Gasteiger partial charge is 0.294 e. The van der Waals surface area contributed by atoms with Crippen LogP contribution in [0.5, 0.6) is 0 Å². The van der Waals surface area contributed by atoms with Crippen LogP contribution in [0.1, 0.15) is 0 Å². The van der Waals surface area contributed by atoms with Crippen molar-refractivity contribution in [3.63, 3.8) is 0 Å². The van der Waals surface area contributed by atoms with Gasteiger partial charge >= 0.3 is 0 Å². The molecule has 2 heterocycles. The predicted molar refractivity (Wildman–Crippen MR) is 131 cm³/mol. The quantitative estimate of drug-likeness (QED) is 0.323. The highest BCUT2D eigenvalue weighted by molar-refractivity contribution is 5.93. The minimum Gasteiger partial charge on any atom is -0.294 e. The number of hydrogen-bond donors (Lipinski definition) is 0. The van der Waals surface area contributed by atoms with Gasteiger partial charge in [-0.25, -0.2) is 0 Å². The summed E-state index contributed by atoms with van der Waals surface area (Å²) in [6, 6.07) is 40.6. The molecule has 0 atom stereocenters. The van der Waals surface area contributed by atoms with Crippen molar-refractivity contribution in [1.82, 2.24) is 8.97 Å². The molecule has 0 aliphatic heterocycles. The summed E-state index contributed by atoms with van der Waals surface area (Å²) in [5.41, 5.74) is 6.86. The Morgan fingerprint density at radius 2 is 1.12 bits per heavy atom. The first-order chi connectivity index (χ1) is 15.8. The Morgan fingerprint density at radius 3 is 1.81 bits per heavy atom. The van der Waals surface area contributed by atoms with E-state index in [2.05, 4.69) is 34.7 Å². The Kier molecular flexibility index (Phi) is 4.25. The maximum Gasteiger partial charge on any atom is 0.266 e. The van der Waals surface area contributed by atoms with Crippen molar-refractivity contribution in [3.8, 4) is 28.1 Å². The van der Waals surface area contributed by atoms with Crippen molar-refractivity contribution >= 4 is 16.6 Å². The number of hydrogen-bond acceptors (Lipinski definition) is 1. The van der Waals surface area contributed by atoms with Crippen molar-refractivity contribution < 1.29 is 0 Å². The summed E-state index contributed by atoms with van der Waals surface area (Å²) in [5, 5.41) is 0.691. The van der Waals surface area contributed by atoms with Crippen molar-refractivity contribution in [2.24, 2.45) is 0 Å². The minimum absolute atomic E-state index is 0.0193. The van der Waals surface area contributed by atoms with Crippen LogP contribution in [-0.4, -0.2) is 8.97 Å². The van der Waals surface area contributed by atoms with E-state index in [0.29, 0.717) is 5.39 Å². The molecule has 0 bridgehead atoms. The van der Waals surface area contributed by atoms with Gasteiger partial charge in [0.25, 0.3) is 5.56 Å². The highest BCUT2D eigenvalue weighted by Crippen LogP contribution is 2.35. The molecule has 0 aliphatic rings. The van der Waals surface area contributed by atoms with Crippen molar-refractivity contribution in [1.29, 1.82) is 0 Å². The molecule has 0 saturated carbocycles. The monoisotopic (exact) mass is 412 g/mol. The fraction of sp³-hybridized carbons (Fsp3) is 0. The van der Waals surface area contributed by atoms with E-state index >= 15 is 0 Å². The third-order valence-corrected chi connectivity index (χ3v) is 5.93. The Balaban J connectivity index is 1.89. The van der Waals surface area contributed by atoms with Gasteiger partial charge in [-0.05, 0) is 41.5 Å². The first kappa shape index (κ1) is 18.4. The summed E-state index contributed by atoms with van der Waals surface area (Å²) >= 11 is 0. The number of para-hydroxylation sites is 2. The summed E-state index contributed by atoms with van der Waals surface area (Å²) in [5.74, 6) is 0. The normalized spacial score (nSPS) is 11.2. The van der Waals surface area contributed by atoms with Gasteiger partial charge in [-0.1, -0.05) is 91.0 Å². The molecular weight excluding hydrogens is 392 g/mol. The van der Waals surface area contributed by atoms with Gasteiger partial charge in [0.2, 0.25) is 0 Å². The van der Waals surface area contributed by atoms with E-state index in [-0.39, 0.29) is 5.56 Å². The summed E-state index contributed by atoms with van der Waals surface area (Å²) in [4.78, 5) is 13.8. The molecule has 3 nitrogen and oxygen atoms in total. The van der Waals surface area contributed by atoms with E-state index in [9.17, 15) is 4.79 Å². The van der Waals surface area contributed by atoms with E-state index < -0.39 is 0 Å². The molecule has 0 N–H and O–H groups in total. The molecule has 4 aromatic carbocycles. The smallest absolute Gasteiger partial charge is 0.266 e. The third kappa shape index (κ3) is 2.79. The summed E-state index contributed by atoms with van der Waals surface area (Å²) in [7, 11) is 0. The maximum atomic E-state index is 13.8.